The van der Waals surface area contributed by atoms with Gasteiger partial charge >= 0.3 is 6.09 Å². The molecular formula is C21H23FN2O5S. The highest BCUT2D eigenvalue weighted by Gasteiger charge is 2.48. The standard InChI is InChI=1S/C21H23FN2O5S/c1-21(12-23(2)13-21)30(27,28)17-6-3-14(4-7-17)18-8-5-15(9-19(18)22)24-10-16(11-25)29-20(24)26/h3-9,16,25H,10-13H2,1-2H3/t16-/m1/s1. The van der Waals surface area contributed by atoms with Crippen LogP contribution in [-0.4, -0.2) is 68.7 Å². The molecule has 1 atom stereocenters. The van der Waals surface area contributed by atoms with Crippen molar-refractivity contribution >= 4 is 21.6 Å². The molecule has 0 unspecified atom stereocenters. The van der Waals surface area contributed by atoms with Crippen molar-refractivity contribution in [2.24, 2.45) is 0 Å². The third kappa shape index (κ3) is 3.36. The number of carbonyl (C=O) groups excluding carboxylic acids is 1. The average molecular weight is 434 g/mol. The number of ether oxygens (including phenoxy) is 1. The van der Waals surface area contributed by atoms with Crippen molar-refractivity contribution in [2.45, 2.75) is 22.7 Å². The van der Waals surface area contributed by atoms with Crippen LogP contribution in [0.25, 0.3) is 11.1 Å². The second kappa shape index (κ2) is 7.33. The fraction of sp³-hybridized carbons (Fsp3) is 0.381. The van der Waals surface area contributed by atoms with E-state index >= 15 is 0 Å². The molecule has 1 N–H and O–H groups in total. The molecule has 2 saturated heterocycles. The summed E-state index contributed by atoms with van der Waals surface area (Å²) in [6.07, 6.45) is -1.27. The summed E-state index contributed by atoms with van der Waals surface area (Å²) >= 11 is 0. The van der Waals surface area contributed by atoms with E-state index in [0.29, 0.717) is 29.9 Å². The van der Waals surface area contributed by atoms with Crippen LogP contribution < -0.4 is 4.90 Å². The van der Waals surface area contributed by atoms with Gasteiger partial charge in [0.05, 0.1) is 28.5 Å². The maximum absolute atomic E-state index is 14.8. The SMILES string of the molecule is CN1CC(C)(S(=O)(=O)c2ccc(-c3ccc(N4C[C@H](CO)OC4=O)cc3F)cc2)C1. The van der Waals surface area contributed by atoms with Gasteiger partial charge in [-0.3, -0.25) is 4.90 Å². The molecule has 0 aromatic heterocycles. The van der Waals surface area contributed by atoms with Gasteiger partial charge in [-0.05, 0) is 49.9 Å². The Morgan fingerprint density at radius 1 is 1.20 bits per heavy atom. The van der Waals surface area contributed by atoms with Crippen LogP contribution in [0.15, 0.2) is 47.4 Å². The van der Waals surface area contributed by atoms with Crippen molar-refractivity contribution in [1.82, 2.24) is 4.90 Å². The van der Waals surface area contributed by atoms with E-state index in [0.717, 1.165) is 0 Å². The minimum absolute atomic E-state index is 0.147. The lowest BCUT2D eigenvalue weighted by Crippen LogP contribution is -2.62. The number of amides is 1. The van der Waals surface area contributed by atoms with Gasteiger partial charge in [-0.25, -0.2) is 17.6 Å². The van der Waals surface area contributed by atoms with Gasteiger partial charge in [-0.15, -0.1) is 0 Å². The van der Waals surface area contributed by atoms with Crippen LogP contribution in [0.1, 0.15) is 6.92 Å². The minimum atomic E-state index is -3.49. The molecule has 0 bridgehead atoms. The van der Waals surface area contributed by atoms with E-state index in [1.807, 2.05) is 11.9 Å². The molecule has 1 amide bonds. The Morgan fingerprint density at radius 3 is 2.40 bits per heavy atom. The topological polar surface area (TPSA) is 87.2 Å². The number of aliphatic hydroxyl groups is 1. The summed E-state index contributed by atoms with van der Waals surface area (Å²) in [6.45, 7) is 2.54. The summed E-state index contributed by atoms with van der Waals surface area (Å²) in [7, 11) is -1.62. The van der Waals surface area contributed by atoms with Crippen molar-refractivity contribution < 1.29 is 27.4 Å². The van der Waals surface area contributed by atoms with Crippen LogP contribution in [0, 0.1) is 5.82 Å². The zero-order chi connectivity index (χ0) is 21.7. The minimum Gasteiger partial charge on any atom is -0.441 e. The third-order valence-corrected chi connectivity index (χ3v) is 8.12. The Hall–Kier alpha value is -2.49. The molecule has 160 valence electrons. The van der Waals surface area contributed by atoms with E-state index in [-0.39, 0.29) is 18.0 Å². The first-order chi connectivity index (χ1) is 14.1. The Balaban J connectivity index is 1.57. The normalized spacial score (nSPS) is 21.4. The van der Waals surface area contributed by atoms with E-state index < -0.39 is 32.6 Å². The highest BCUT2D eigenvalue weighted by Crippen LogP contribution is 2.35. The first-order valence-corrected chi connectivity index (χ1v) is 11.1. The lowest BCUT2D eigenvalue weighted by molar-refractivity contribution is 0.0963. The van der Waals surface area contributed by atoms with E-state index in [4.69, 9.17) is 9.84 Å². The first kappa shape index (κ1) is 20.8. The molecule has 9 heteroatoms. The average Bonchev–Trinajstić information content (AvgIpc) is 3.07. The molecule has 2 aliphatic rings. The number of hydrogen-bond acceptors (Lipinski definition) is 6. The smallest absolute Gasteiger partial charge is 0.414 e. The zero-order valence-corrected chi connectivity index (χ0v) is 17.5. The summed E-state index contributed by atoms with van der Waals surface area (Å²) < 4.78 is 44.7. The second-order valence-corrected chi connectivity index (χ2v) is 10.6. The second-order valence-electron chi connectivity index (χ2n) is 8.11. The van der Waals surface area contributed by atoms with Gasteiger partial charge in [0.25, 0.3) is 0 Å². The predicted octanol–water partition coefficient (Wildman–Crippen LogP) is 2.29. The van der Waals surface area contributed by atoms with Crippen molar-refractivity contribution in [2.75, 3.05) is 38.2 Å². The fourth-order valence-corrected chi connectivity index (χ4v) is 5.94. The summed E-state index contributed by atoms with van der Waals surface area (Å²) in [5.41, 5.74) is 1.16. The molecule has 0 saturated carbocycles. The van der Waals surface area contributed by atoms with Crippen molar-refractivity contribution in [3.63, 3.8) is 0 Å². The van der Waals surface area contributed by atoms with Gasteiger partial charge in [0.1, 0.15) is 11.9 Å². The number of aliphatic hydroxyl groups excluding tert-OH is 1. The van der Waals surface area contributed by atoms with Crippen LogP contribution >= 0.6 is 0 Å². The van der Waals surface area contributed by atoms with Crippen molar-refractivity contribution in [3.05, 3.63) is 48.3 Å². The Kier molecular flexibility index (Phi) is 5.08. The highest BCUT2D eigenvalue weighted by molar-refractivity contribution is 7.93. The molecule has 2 aliphatic heterocycles. The Labute approximate surface area is 174 Å². The lowest BCUT2D eigenvalue weighted by atomic mass is 10.0. The van der Waals surface area contributed by atoms with E-state index in [1.165, 1.54) is 29.2 Å². The van der Waals surface area contributed by atoms with Crippen LogP contribution in [0.5, 0.6) is 0 Å². The molecule has 4 rings (SSSR count). The molecule has 2 fully saturated rings. The summed E-state index contributed by atoms with van der Waals surface area (Å²) in [5.74, 6) is -0.545. The maximum Gasteiger partial charge on any atom is 0.414 e. The number of nitrogens with zero attached hydrogens (tertiary/aromatic N) is 2. The molecule has 0 spiro atoms. The van der Waals surface area contributed by atoms with Gasteiger partial charge in [0, 0.05) is 18.7 Å². The van der Waals surface area contributed by atoms with Crippen LogP contribution in [0.3, 0.4) is 0 Å². The van der Waals surface area contributed by atoms with E-state index in [1.54, 1.807) is 25.1 Å². The highest BCUT2D eigenvalue weighted by atomic mass is 32.2. The molecule has 7 nitrogen and oxygen atoms in total. The maximum atomic E-state index is 14.8. The van der Waals surface area contributed by atoms with Crippen LogP contribution in [-0.2, 0) is 14.6 Å². The number of cyclic esters (lactones) is 1. The third-order valence-electron chi connectivity index (χ3n) is 5.68. The Morgan fingerprint density at radius 2 is 1.87 bits per heavy atom. The molecule has 2 heterocycles. The number of halogens is 1. The van der Waals surface area contributed by atoms with Gasteiger partial charge in [-0.1, -0.05) is 12.1 Å². The number of sulfone groups is 1. The van der Waals surface area contributed by atoms with E-state index in [9.17, 15) is 17.6 Å². The number of likely N-dealkylation sites (tertiary alicyclic amines) is 1. The van der Waals surface area contributed by atoms with E-state index in [2.05, 4.69) is 0 Å². The Bertz CT molecular complexity index is 1080. The molecular weight excluding hydrogens is 411 g/mol. The largest absolute Gasteiger partial charge is 0.441 e. The van der Waals surface area contributed by atoms with Crippen LogP contribution in [0.4, 0.5) is 14.9 Å². The number of benzene rings is 2. The molecule has 30 heavy (non-hydrogen) atoms. The van der Waals surface area contributed by atoms with Gasteiger partial charge < -0.3 is 14.7 Å². The summed E-state index contributed by atoms with van der Waals surface area (Å²) in [4.78, 5) is 15.3. The van der Waals surface area contributed by atoms with Gasteiger partial charge in [-0.2, -0.15) is 0 Å². The fourth-order valence-electron chi connectivity index (χ4n) is 4.10. The van der Waals surface area contributed by atoms with Gasteiger partial charge in [0.2, 0.25) is 0 Å². The number of hydrogen-bond donors (Lipinski definition) is 1. The number of anilines is 1. The van der Waals surface area contributed by atoms with Crippen LogP contribution in [0.2, 0.25) is 0 Å². The molecule has 0 aliphatic carbocycles. The predicted molar refractivity (Wildman–Crippen MR) is 110 cm³/mol. The van der Waals surface area contributed by atoms with Crippen molar-refractivity contribution in [3.8, 4) is 11.1 Å². The zero-order valence-electron chi connectivity index (χ0n) is 16.7. The summed E-state index contributed by atoms with van der Waals surface area (Å²) in [5, 5.41) is 9.13. The van der Waals surface area contributed by atoms with Crippen molar-refractivity contribution in [1.29, 1.82) is 0 Å². The number of rotatable bonds is 5. The molecule has 0 radical (unpaired) electrons. The molecule has 2 aromatic rings. The summed E-state index contributed by atoms with van der Waals surface area (Å²) in [6, 6.07) is 10.5. The number of carbonyl (C=O) groups is 1. The lowest BCUT2D eigenvalue weighted by Gasteiger charge is -2.45. The first-order valence-electron chi connectivity index (χ1n) is 9.57. The van der Waals surface area contributed by atoms with Gasteiger partial charge in [0.15, 0.2) is 9.84 Å². The quantitative estimate of drug-likeness (QED) is 0.777. The monoisotopic (exact) mass is 434 g/mol. The molecule has 2 aromatic carbocycles.